The molecule has 4 heteroatoms. The number of benzene rings is 3. The van der Waals surface area contributed by atoms with Crippen LogP contribution in [-0.4, -0.2) is 14.3 Å². The summed E-state index contributed by atoms with van der Waals surface area (Å²) in [4.78, 5) is 13.1. The maximum atomic E-state index is 13.1. The number of hydrogen-bond donors (Lipinski definition) is 0. The third kappa shape index (κ3) is 5.19. The zero-order valence-corrected chi connectivity index (χ0v) is 19.4. The highest BCUT2D eigenvalue weighted by atomic mass is 28.4. The van der Waals surface area contributed by atoms with Gasteiger partial charge in [-0.15, -0.1) is 0 Å². The summed E-state index contributed by atoms with van der Waals surface area (Å²) in [5, 5.41) is 2.16. The number of carbonyl (C=O) groups is 1. The third-order valence-corrected chi connectivity index (χ3v) is 10.0. The third-order valence-electron chi connectivity index (χ3n) is 5.70. The van der Waals surface area contributed by atoms with Gasteiger partial charge >= 0.3 is 5.97 Å². The highest BCUT2D eigenvalue weighted by Gasteiger charge is 2.40. The lowest BCUT2D eigenvalue weighted by atomic mass is 10.0. The van der Waals surface area contributed by atoms with E-state index in [9.17, 15) is 4.79 Å². The molecule has 0 saturated carbocycles. The van der Waals surface area contributed by atoms with E-state index in [1.807, 2.05) is 60.7 Å². The van der Waals surface area contributed by atoms with Gasteiger partial charge in [-0.2, -0.15) is 0 Å². The Kier molecular flexibility index (Phi) is 6.47. The molecule has 30 heavy (non-hydrogen) atoms. The zero-order chi connectivity index (χ0) is 21.8. The molecule has 0 spiro atoms. The molecule has 3 aromatic rings. The van der Waals surface area contributed by atoms with Crippen molar-refractivity contribution < 1.29 is 14.0 Å². The van der Waals surface area contributed by atoms with E-state index in [-0.39, 0.29) is 17.4 Å². The summed E-state index contributed by atoms with van der Waals surface area (Å²) < 4.78 is 12.1. The van der Waals surface area contributed by atoms with Crippen LogP contribution in [-0.2, 0) is 20.6 Å². The Labute approximate surface area is 180 Å². The lowest BCUT2D eigenvalue weighted by Gasteiger charge is -2.36. The second kappa shape index (κ2) is 8.88. The first kappa shape index (κ1) is 21.8. The lowest BCUT2D eigenvalue weighted by molar-refractivity contribution is -0.142. The summed E-state index contributed by atoms with van der Waals surface area (Å²) in [5.74, 6) is -0.162. The van der Waals surface area contributed by atoms with E-state index in [1.54, 1.807) is 0 Å². The van der Waals surface area contributed by atoms with Crippen LogP contribution in [0.4, 0.5) is 0 Å². The summed E-state index contributed by atoms with van der Waals surface area (Å²) in [7, 11) is -2.23. The largest absolute Gasteiger partial charge is 0.539 e. The van der Waals surface area contributed by atoms with Crippen LogP contribution in [0.2, 0.25) is 18.1 Å². The molecular formula is C26H30O3Si. The molecule has 0 aliphatic rings. The van der Waals surface area contributed by atoms with Crippen molar-refractivity contribution in [1.82, 2.24) is 0 Å². The highest BCUT2D eigenvalue weighted by molar-refractivity contribution is 6.74. The molecule has 0 fully saturated rings. The fourth-order valence-electron chi connectivity index (χ4n) is 2.87. The van der Waals surface area contributed by atoms with Gasteiger partial charge in [-0.1, -0.05) is 93.6 Å². The second-order valence-electron chi connectivity index (χ2n) is 9.00. The predicted octanol–water partition coefficient (Wildman–Crippen LogP) is 6.95. The Morgan fingerprint density at radius 3 is 2.23 bits per heavy atom. The molecule has 0 aliphatic carbocycles. The normalized spacial score (nSPS) is 12.6. The monoisotopic (exact) mass is 418 g/mol. The molecule has 0 aliphatic heterocycles. The fraction of sp³-hybridized carbons (Fsp3) is 0.269. The second-order valence-corrected chi connectivity index (χ2v) is 13.7. The van der Waals surface area contributed by atoms with E-state index in [0.717, 1.165) is 21.9 Å². The van der Waals surface area contributed by atoms with E-state index < -0.39 is 14.3 Å². The van der Waals surface area contributed by atoms with Gasteiger partial charge in [-0.25, -0.2) is 4.79 Å². The van der Waals surface area contributed by atoms with Gasteiger partial charge < -0.3 is 9.16 Å². The molecule has 0 radical (unpaired) electrons. The first-order valence-corrected chi connectivity index (χ1v) is 13.2. The smallest absolute Gasteiger partial charge is 0.372 e. The van der Waals surface area contributed by atoms with E-state index in [0.29, 0.717) is 0 Å². The first-order valence-electron chi connectivity index (χ1n) is 10.3. The summed E-state index contributed by atoms with van der Waals surface area (Å²) in [5.41, 5.74) is 1.89. The highest BCUT2D eigenvalue weighted by Crippen LogP contribution is 2.38. The van der Waals surface area contributed by atoms with E-state index in [1.165, 1.54) is 0 Å². The molecule has 3 aromatic carbocycles. The summed E-state index contributed by atoms with van der Waals surface area (Å²) in [6.45, 7) is 11.0. The van der Waals surface area contributed by atoms with Crippen LogP contribution in [0.5, 0.6) is 0 Å². The average molecular weight is 419 g/mol. The van der Waals surface area contributed by atoms with Crippen LogP contribution in [0, 0.1) is 0 Å². The molecule has 0 unspecified atom stereocenters. The quantitative estimate of drug-likeness (QED) is 0.188. The minimum absolute atomic E-state index is 0.0371. The van der Waals surface area contributed by atoms with E-state index in [4.69, 9.17) is 9.16 Å². The van der Waals surface area contributed by atoms with Crippen molar-refractivity contribution in [3.05, 3.63) is 89.7 Å². The first-order chi connectivity index (χ1) is 14.2. The topological polar surface area (TPSA) is 35.5 Å². The lowest BCUT2D eigenvalue weighted by Crippen LogP contribution is -2.41. The molecule has 0 aromatic heterocycles. The number of ether oxygens (including phenoxy) is 1. The molecule has 0 saturated heterocycles. The van der Waals surface area contributed by atoms with Gasteiger partial charge in [0.15, 0.2) is 5.76 Å². The summed E-state index contributed by atoms with van der Waals surface area (Å²) in [6.07, 6.45) is 1.83. The Hall–Kier alpha value is -2.85. The van der Waals surface area contributed by atoms with Crippen LogP contribution < -0.4 is 0 Å². The predicted molar refractivity (Wildman–Crippen MR) is 126 cm³/mol. The van der Waals surface area contributed by atoms with Gasteiger partial charge in [0.25, 0.3) is 8.32 Å². The maximum absolute atomic E-state index is 13.1. The van der Waals surface area contributed by atoms with Crippen LogP contribution >= 0.6 is 0 Å². The minimum Gasteiger partial charge on any atom is -0.539 e. The molecular weight excluding hydrogens is 388 g/mol. The molecule has 0 bridgehead atoms. The number of fused-ring (bicyclic) bond motifs is 1. The Morgan fingerprint density at radius 2 is 1.53 bits per heavy atom. The van der Waals surface area contributed by atoms with Gasteiger partial charge in [0, 0.05) is 0 Å². The van der Waals surface area contributed by atoms with Crippen molar-refractivity contribution in [2.75, 3.05) is 0 Å². The van der Waals surface area contributed by atoms with Gasteiger partial charge in [0.2, 0.25) is 0 Å². The number of carbonyl (C=O) groups excluding carboxylic acids is 1. The van der Waals surface area contributed by atoms with Crippen molar-refractivity contribution >= 4 is 31.1 Å². The Balaban J connectivity index is 1.96. The van der Waals surface area contributed by atoms with Gasteiger partial charge in [-0.05, 0) is 46.1 Å². The number of rotatable bonds is 6. The molecule has 0 N–H and O–H groups in total. The van der Waals surface area contributed by atoms with Crippen LogP contribution in [0.25, 0.3) is 16.8 Å². The SMILES string of the molecule is CC(C)(C)[Si](C)(C)O/C(=C\c1cccc2ccccc12)C(=O)OCc1ccccc1. The van der Waals surface area contributed by atoms with Crippen LogP contribution in [0.3, 0.4) is 0 Å². The van der Waals surface area contributed by atoms with Gasteiger partial charge in [0.1, 0.15) is 6.61 Å². The fourth-order valence-corrected chi connectivity index (χ4v) is 3.87. The van der Waals surface area contributed by atoms with E-state index in [2.05, 4.69) is 52.1 Å². The van der Waals surface area contributed by atoms with Crippen LogP contribution in [0.15, 0.2) is 78.6 Å². The van der Waals surface area contributed by atoms with Crippen molar-refractivity contribution in [3.63, 3.8) is 0 Å². The Morgan fingerprint density at radius 1 is 0.900 bits per heavy atom. The number of hydrogen-bond acceptors (Lipinski definition) is 3. The van der Waals surface area contributed by atoms with Crippen molar-refractivity contribution in [3.8, 4) is 0 Å². The van der Waals surface area contributed by atoms with Crippen molar-refractivity contribution in [2.24, 2.45) is 0 Å². The minimum atomic E-state index is -2.23. The molecule has 0 atom stereocenters. The average Bonchev–Trinajstić information content (AvgIpc) is 2.71. The van der Waals surface area contributed by atoms with E-state index >= 15 is 0 Å². The maximum Gasteiger partial charge on any atom is 0.372 e. The molecule has 3 nitrogen and oxygen atoms in total. The van der Waals surface area contributed by atoms with Crippen molar-refractivity contribution in [2.45, 2.75) is 45.5 Å². The number of esters is 1. The Bertz CT molecular complexity index is 1040. The van der Waals surface area contributed by atoms with Gasteiger partial charge in [0.05, 0.1) is 0 Å². The summed E-state index contributed by atoms with van der Waals surface area (Å²) >= 11 is 0. The van der Waals surface area contributed by atoms with Crippen molar-refractivity contribution in [1.29, 1.82) is 0 Å². The standard InChI is InChI=1S/C26H30O3Si/c1-26(2,3)30(4,5)29-24(25(27)28-19-20-12-7-6-8-13-20)18-22-16-11-15-21-14-9-10-17-23(21)22/h6-18H,19H2,1-5H3/b24-18-. The van der Waals surface area contributed by atoms with Crippen LogP contribution in [0.1, 0.15) is 31.9 Å². The van der Waals surface area contributed by atoms with Gasteiger partial charge in [-0.3, -0.25) is 0 Å². The summed E-state index contributed by atoms with van der Waals surface area (Å²) in [6, 6.07) is 23.9. The molecule has 0 amide bonds. The molecule has 156 valence electrons. The molecule has 0 heterocycles. The molecule has 3 rings (SSSR count). The zero-order valence-electron chi connectivity index (χ0n) is 18.4.